The Hall–Kier alpha value is -0.180. The first-order chi connectivity index (χ1) is 8.16. The summed E-state index contributed by atoms with van der Waals surface area (Å²) in [4.78, 5) is 1.21. The fourth-order valence-electron chi connectivity index (χ4n) is 2.28. The molecule has 1 fully saturated rings. The summed E-state index contributed by atoms with van der Waals surface area (Å²) < 4.78 is 0. The molecule has 1 aliphatic rings. The summed E-state index contributed by atoms with van der Waals surface area (Å²) in [5.41, 5.74) is 1.41. The van der Waals surface area contributed by atoms with Crippen LogP contribution in [0.2, 0.25) is 5.02 Å². The summed E-state index contributed by atoms with van der Waals surface area (Å²) in [5.74, 6) is 0.687. The van der Waals surface area contributed by atoms with E-state index in [1.807, 2.05) is 11.8 Å². The van der Waals surface area contributed by atoms with Crippen molar-refractivity contribution in [2.45, 2.75) is 42.8 Å². The Morgan fingerprint density at radius 2 is 2.00 bits per heavy atom. The van der Waals surface area contributed by atoms with Crippen LogP contribution in [0, 0.1) is 0 Å². The molecule has 3 heteroatoms. The van der Waals surface area contributed by atoms with Crippen LogP contribution in [0.4, 0.5) is 0 Å². The monoisotopic (exact) mass is 269 g/mol. The highest BCUT2D eigenvalue weighted by molar-refractivity contribution is 8.00. The molecule has 1 aliphatic heterocycles. The Balaban J connectivity index is 2.12. The van der Waals surface area contributed by atoms with Crippen LogP contribution in [0.15, 0.2) is 23.1 Å². The summed E-state index contributed by atoms with van der Waals surface area (Å²) in [6.07, 6.45) is 2.46. The number of piperidine rings is 1. The standard InChI is InChI=1S/C14H20ClNS/c1-10(2)17-14-4-3-12(9-13(14)15)11-5-7-16-8-6-11/h3-4,9-11,16H,5-8H2,1-2H3. The lowest BCUT2D eigenvalue weighted by Gasteiger charge is -2.23. The predicted molar refractivity (Wildman–Crippen MR) is 77.3 cm³/mol. The maximum absolute atomic E-state index is 6.36. The number of halogens is 1. The molecule has 0 atom stereocenters. The Kier molecular flexibility index (Phi) is 4.78. The van der Waals surface area contributed by atoms with Crippen molar-refractivity contribution < 1.29 is 0 Å². The average Bonchev–Trinajstić information content (AvgIpc) is 2.32. The predicted octanol–water partition coefficient (Wildman–Crippen LogP) is 4.31. The zero-order chi connectivity index (χ0) is 12.3. The summed E-state index contributed by atoms with van der Waals surface area (Å²) in [6.45, 7) is 6.65. The van der Waals surface area contributed by atoms with E-state index in [9.17, 15) is 0 Å². The van der Waals surface area contributed by atoms with Gasteiger partial charge < -0.3 is 5.32 Å². The van der Waals surface area contributed by atoms with Gasteiger partial charge in [0.25, 0.3) is 0 Å². The second-order valence-electron chi connectivity index (χ2n) is 4.88. The minimum Gasteiger partial charge on any atom is -0.317 e. The van der Waals surface area contributed by atoms with E-state index in [0.29, 0.717) is 11.2 Å². The number of thioether (sulfide) groups is 1. The van der Waals surface area contributed by atoms with E-state index >= 15 is 0 Å². The van der Waals surface area contributed by atoms with E-state index in [0.717, 1.165) is 18.1 Å². The van der Waals surface area contributed by atoms with Gasteiger partial charge >= 0.3 is 0 Å². The van der Waals surface area contributed by atoms with E-state index in [1.54, 1.807) is 0 Å². The maximum atomic E-state index is 6.36. The Bertz CT molecular complexity index is 372. The molecule has 0 saturated carbocycles. The van der Waals surface area contributed by atoms with Gasteiger partial charge in [0.1, 0.15) is 0 Å². The van der Waals surface area contributed by atoms with Crippen LogP contribution in [0.5, 0.6) is 0 Å². The molecular formula is C14H20ClNS. The van der Waals surface area contributed by atoms with Crippen LogP contribution in [-0.4, -0.2) is 18.3 Å². The van der Waals surface area contributed by atoms with Crippen LogP contribution in [0.1, 0.15) is 38.2 Å². The molecule has 1 aromatic carbocycles. The fraction of sp³-hybridized carbons (Fsp3) is 0.571. The lowest BCUT2D eigenvalue weighted by molar-refractivity contribution is 0.460. The summed E-state index contributed by atoms with van der Waals surface area (Å²) in [6, 6.07) is 6.61. The molecule has 1 aromatic rings. The van der Waals surface area contributed by atoms with Crippen molar-refractivity contribution in [3.63, 3.8) is 0 Å². The maximum Gasteiger partial charge on any atom is 0.0544 e. The molecule has 1 saturated heterocycles. The summed E-state index contributed by atoms with van der Waals surface area (Å²) in [5, 5.41) is 4.90. The number of rotatable bonds is 3. The van der Waals surface area contributed by atoms with Gasteiger partial charge in [-0.1, -0.05) is 31.5 Å². The quantitative estimate of drug-likeness (QED) is 0.821. The van der Waals surface area contributed by atoms with Crippen LogP contribution in [-0.2, 0) is 0 Å². The van der Waals surface area contributed by atoms with Crippen molar-refractivity contribution in [2.75, 3.05) is 13.1 Å². The minimum atomic E-state index is 0.581. The third kappa shape index (κ3) is 3.64. The van der Waals surface area contributed by atoms with Crippen molar-refractivity contribution in [3.8, 4) is 0 Å². The van der Waals surface area contributed by atoms with Gasteiger partial charge in [-0.25, -0.2) is 0 Å². The Morgan fingerprint density at radius 1 is 1.29 bits per heavy atom. The molecule has 0 bridgehead atoms. The van der Waals surface area contributed by atoms with E-state index in [2.05, 4.69) is 37.4 Å². The van der Waals surface area contributed by atoms with Gasteiger partial charge in [-0.2, -0.15) is 0 Å². The lowest BCUT2D eigenvalue weighted by atomic mass is 9.90. The zero-order valence-corrected chi connectivity index (χ0v) is 12.1. The molecule has 0 aromatic heterocycles. The van der Waals surface area contributed by atoms with Crippen molar-refractivity contribution in [1.82, 2.24) is 5.32 Å². The molecule has 94 valence electrons. The fourth-order valence-corrected chi connectivity index (χ4v) is 3.42. The van der Waals surface area contributed by atoms with Gasteiger partial charge in [-0.3, -0.25) is 0 Å². The third-order valence-electron chi connectivity index (χ3n) is 3.13. The van der Waals surface area contributed by atoms with Crippen LogP contribution < -0.4 is 5.32 Å². The topological polar surface area (TPSA) is 12.0 Å². The molecular weight excluding hydrogens is 250 g/mol. The first-order valence-electron chi connectivity index (χ1n) is 6.33. The minimum absolute atomic E-state index is 0.581. The van der Waals surface area contributed by atoms with E-state index in [4.69, 9.17) is 11.6 Å². The SMILES string of the molecule is CC(C)Sc1ccc(C2CCNCC2)cc1Cl. The highest BCUT2D eigenvalue weighted by Crippen LogP contribution is 2.34. The molecule has 0 amide bonds. The van der Waals surface area contributed by atoms with E-state index < -0.39 is 0 Å². The Labute approximate surface area is 113 Å². The van der Waals surface area contributed by atoms with Crippen molar-refractivity contribution in [2.24, 2.45) is 0 Å². The summed E-state index contributed by atoms with van der Waals surface area (Å²) >= 11 is 8.19. The van der Waals surface area contributed by atoms with E-state index in [1.165, 1.54) is 23.3 Å². The van der Waals surface area contributed by atoms with Gasteiger partial charge in [-0.05, 0) is 49.5 Å². The summed E-state index contributed by atoms with van der Waals surface area (Å²) in [7, 11) is 0. The van der Waals surface area contributed by atoms with Gasteiger partial charge in [0.15, 0.2) is 0 Å². The molecule has 1 nitrogen and oxygen atoms in total. The lowest BCUT2D eigenvalue weighted by Crippen LogP contribution is -2.26. The number of hydrogen-bond donors (Lipinski definition) is 1. The highest BCUT2D eigenvalue weighted by Gasteiger charge is 2.16. The second kappa shape index (κ2) is 6.12. The third-order valence-corrected chi connectivity index (χ3v) is 4.64. The van der Waals surface area contributed by atoms with E-state index in [-0.39, 0.29) is 0 Å². The number of benzene rings is 1. The second-order valence-corrected chi connectivity index (χ2v) is 6.91. The molecule has 2 rings (SSSR count). The van der Waals surface area contributed by atoms with Gasteiger partial charge in [0.05, 0.1) is 5.02 Å². The van der Waals surface area contributed by atoms with Gasteiger partial charge in [-0.15, -0.1) is 11.8 Å². The number of hydrogen-bond acceptors (Lipinski definition) is 2. The zero-order valence-electron chi connectivity index (χ0n) is 10.5. The smallest absolute Gasteiger partial charge is 0.0544 e. The van der Waals surface area contributed by atoms with Crippen LogP contribution in [0.25, 0.3) is 0 Å². The Morgan fingerprint density at radius 3 is 2.59 bits per heavy atom. The van der Waals surface area contributed by atoms with Crippen molar-refractivity contribution >= 4 is 23.4 Å². The van der Waals surface area contributed by atoms with Crippen LogP contribution >= 0.6 is 23.4 Å². The highest BCUT2D eigenvalue weighted by atomic mass is 35.5. The largest absolute Gasteiger partial charge is 0.317 e. The molecule has 0 radical (unpaired) electrons. The first-order valence-corrected chi connectivity index (χ1v) is 7.59. The average molecular weight is 270 g/mol. The molecule has 17 heavy (non-hydrogen) atoms. The normalized spacial score (nSPS) is 17.6. The first kappa shape index (κ1) is 13.3. The molecule has 0 aliphatic carbocycles. The molecule has 1 N–H and O–H groups in total. The number of nitrogens with one attached hydrogen (secondary N) is 1. The molecule has 0 unspecified atom stereocenters. The molecule has 0 spiro atoms. The van der Waals surface area contributed by atoms with Crippen molar-refractivity contribution in [3.05, 3.63) is 28.8 Å². The van der Waals surface area contributed by atoms with Gasteiger partial charge in [0, 0.05) is 10.1 Å². The van der Waals surface area contributed by atoms with Gasteiger partial charge in [0.2, 0.25) is 0 Å². The molecule has 1 heterocycles. The van der Waals surface area contributed by atoms with Crippen LogP contribution in [0.3, 0.4) is 0 Å². The van der Waals surface area contributed by atoms with Crippen molar-refractivity contribution in [1.29, 1.82) is 0 Å².